The Balaban J connectivity index is 3.07. The van der Waals surface area contributed by atoms with E-state index in [1.54, 1.807) is 12.1 Å². The van der Waals surface area contributed by atoms with Crippen molar-refractivity contribution in [2.24, 2.45) is 5.73 Å². The highest BCUT2D eigenvalue weighted by molar-refractivity contribution is 5.95. The minimum Gasteiger partial charge on any atom is -0.384 e. The van der Waals surface area contributed by atoms with Gasteiger partial charge in [-0.25, -0.2) is 4.98 Å². The van der Waals surface area contributed by atoms with E-state index in [0.29, 0.717) is 11.4 Å². The second-order valence-electron chi connectivity index (χ2n) is 1.88. The fraction of sp³-hybridized carbons (Fsp3) is 0. The zero-order valence-electron chi connectivity index (χ0n) is 5.33. The molecule has 1 rings (SSSR count). The van der Waals surface area contributed by atoms with Crippen LogP contribution in [-0.2, 0) is 0 Å². The zero-order chi connectivity index (χ0) is 7.56. The maximum Gasteiger partial charge on any atom is 0.124 e. The molecule has 1 aromatic heterocycles. The molecule has 4 nitrogen and oxygen atoms in total. The van der Waals surface area contributed by atoms with Crippen molar-refractivity contribution in [3.8, 4) is 0 Å². The molecule has 1 aromatic rings. The van der Waals surface area contributed by atoms with Gasteiger partial charge in [0.2, 0.25) is 0 Å². The highest BCUT2D eigenvalue weighted by atomic mass is 14.8. The second-order valence-corrected chi connectivity index (χ2v) is 1.88. The lowest BCUT2D eigenvalue weighted by Crippen LogP contribution is -2.11. The van der Waals surface area contributed by atoms with E-state index in [1.807, 2.05) is 0 Å². The first kappa shape index (κ1) is 6.54. The van der Waals surface area contributed by atoms with Crippen LogP contribution in [0.3, 0.4) is 0 Å². The largest absolute Gasteiger partial charge is 0.384 e. The molecule has 0 unspecified atom stereocenters. The van der Waals surface area contributed by atoms with Crippen molar-refractivity contribution >= 4 is 11.7 Å². The van der Waals surface area contributed by atoms with Crippen molar-refractivity contribution in [1.82, 2.24) is 4.98 Å². The van der Waals surface area contributed by atoms with Gasteiger partial charge in [-0.3, -0.25) is 5.41 Å². The molecule has 0 aromatic carbocycles. The topological polar surface area (TPSA) is 88.8 Å². The first-order valence-corrected chi connectivity index (χ1v) is 2.76. The monoisotopic (exact) mass is 136 g/mol. The predicted octanol–water partition coefficient (Wildman–Crippen LogP) is -0.0521. The third-order valence-corrected chi connectivity index (χ3v) is 1.09. The van der Waals surface area contributed by atoms with Crippen LogP contribution in [-0.4, -0.2) is 10.8 Å². The Bertz CT molecular complexity index is 256. The van der Waals surface area contributed by atoms with E-state index in [9.17, 15) is 0 Å². The molecule has 0 aliphatic carbocycles. The SMILES string of the molecule is N=C(N)c1ccnc(N)c1. The van der Waals surface area contributed by atoms with Gasteiger partial charge in [-0.15, -0.1) is 0 Å². The van der Waals surface area contributed by atoms with Gasteiger partial charge >= 0.3 is 0 Å². The second kappa shape index (κ2) is 2.34. The van der Waals surface area contributed by atoms with Crippen LogP contribution < -0.4 is 11.5 Å². The van der Waals surface area contributed by atoms with E-state index in [-0.39, 0.29) is 5.84 Å². The lowest BCUT2D eigenvalue weighted by molar-refractivity contribution is 1.31. The third-order valence-electron chi connectivity index (χ3n) is 1.09. The molecule has 0 saturated heterocycles. The van der Waals surface area contributed by atoms with Crippen LogP contribution in [0.5, 0.6) is 0 Å². The molecular weight excluding hydrogens is 128 g/mol. The summed E-state index contributed by atoms with van der Waals surface area (Å²) in [5.41, 5.74) is 11.1. The molecule has 52 valence electrons. The first-order chi connectivity index (χ1) is 4.70. The molecule has 0 aliphatic heterocycles. The fourth-order valence-corrected chi connectivity index (χ4v) is 0.616. The van der Waals surface area contributed by atoms with Crippen molar-refractivity contribution < 1.29 is 0 Å². The highest BCUT2D eigenvalue weighted by Gasteiger charge is 1.94. The van der Waals surface area contributed by atoms with E-state index in [0.717, 1.165) is 0 Å². The Kier molecular flexibility index (Phi) is 1.53. The van der Waals surface area contributed by atoms with Gasteiger partial charge in [0, 0.05) is 11.8 Å². The van der Waals surface area contributed by atoms with Crippen molar-refractivity contribution in [2.45, 2.75) is 0 Å². The number of nitrogen functional groups attached to an aromatic ring is 2. The Morgan fingerprint density at radius 1 is 1.60 bits per heavy atom. The van der Waals surface area contributed by atoms with Crippen LogP contribution in [0.2, 0.25) is 0 Å². The Morgan fingerprint density at radius 2 is 2.30 bits per heavy atom. The molecular formula is C6H8N4. The third kappa shape index (κ3) is 1.22. The lowest BCUT2D eigenvalue weighted by atomic mass is 10.2. The van der Waals surface area contributed by atoms with Crippen molar-refractivity contribution in [3.05, 3.63) is 23.9 Å². The molecule has 0 atom stereocenters. The molecule has 4 heteroatoms. The molecule has 0 saturated carbocycles. The van der Waals surface area contributed by atoms with Gasteiger partial charge < -0.3 is 11.5 Å². The summed E-state index contributed by atoms with van der Waals surface area (Å²) in [5.74, 6) is 0.391. The van der Waals surface area contributed by atoms with E-state index in [2.05, 4.69) is 4.98 Å². The Hall–Kier alpha value is -1.58. The average molecular weight is 136 g/mol. The van der Waals surface area contributed by atoms with E-state index in [1.165, 1.54) is 6.20 Å². The average Bonchev–Trinajstić information content (AvgIpc) is 1.88. The number of rotatable bonds is 1. The quantitative estimate of drug-likeness (QED) is 0.373. The van der Waals surface area contributed by atoms with Crippen molar-refractivity contribution in [3.63, 3.8) is 0 Å². The summed E-state index contributed by atoms with van der Waals surface area (Å²) < 4.78 is 0. The molecule has 0 aliphatic rings. The molecule has 10 heavy (non-hydrogen) atoms. The van der Waals surface area contributed by atoms with Gasteiger partial charge in [-0.1, -0.05) is 0 Å². The number of anilines is 1. The van der Waals surface area contributed by atoms with Gasteiger partial charge in [0.15, 0.2) is 0 Å². The van der Waals surface area contributed by atoms with Gasteiger partial charge in [-0.05, 0) is 12.1 Å². The number of nitrogens with two attached hydrogens (primary N) is 2. The van der Waals surface area contributed by atoms with Crippen LogP contribution in [0.15, 0.2) is 18.3 Å². The van der Waals surface area contributed by atoms with Crippen LogP contribution in [0, 0.1) is 5.41 Å². The van der Waals surface area contributed by atoms with Gasteiger partial charge in [0.1, 0.15) is 11.7 Å². The first-order valence-electron chi connectivity index (χ1n) is 2.76. The summed E-state index contributed by atoms with van der Waals surface area (Å²) in [7, 11) is 0. The Morgan fingerprint density at radius 3 is 2.70 bits per heavy atom. The van der Waals surface area contributed by atoms with Crippen LogP contribution in [0.25, 0.3) is 0 Å². The van der Waals surface area contributed by atoms with Crippen LogP contribution in [0.1, 0.15) is 5.56 Å². The lowest BCUT2D eigenvalue weighted by Gasteiger charge is -1.96. The predicted molar refractivity (Wildman–Crippen MR) is 39.7 cm³/mol. The summed E-state index contributed by atoms with van der Waals surface area (Å²) in [5, 5.41) is 7.03. The van der Waals surface area contributed by atoms with Gasteiger partial charge in [0.25, 0.3) is 0 Å². The maximum absolute atomic E-state index is 7.03. The zero-order valence-corrected chi connectivity index (χ0v) is 5.33. The highest BCUT2D eigenvalue weighted by Crippen LogP contribution is 2.00. The number of hydrogen-bond acceptors (Lipinski definition) is 3. The van der Waals surface area contributed by atoms with E-state index < -0.39 is 0 Å². The number of aromatic nitrogens is 1. The van der Waals surface area contributed by atoms with Crippen LogP contribution >= 0.6 is 0 Å². The molecule has 0 spiro atoms. The molecule has 0 amide bonds. The normalized spacial score (nSPS) is 9.20. The number of hydrogen-bond donors (Lipinski definition) is 3. The minimum atomic E-state index is 0.00843. The van der Waals surface area contributed by atoms with E-state index in [4.69, 9.17) is 16.9 Å². The molecule has 1 heterocycles. The maximum atomic E-state index is 7.03. The van der Waals surface area contributed by atoms with Gasteiger partial charge in [0.05, 0.1) is 0 Å². The molecule has 0 radical (unpaired) electrons. The summed E-state index contributed by atoms with van der Waals surface area (Å²) in [4.78, 5) is 3.75. The Labute approximate surface area is 58.4 Å². The number of amidine groups is 1. The molecule has 0 fully saturated rings. The smallest absolute Gasteiger partial charge is 0.124 e. The number of nitrogens with one attached hydrogen (secondary N) is 1. The minimum absolute atomic E-state index is 0.00843. The fourth-order valence-electron chi connectivity index (χ4n) is 0.616. The van der Waals surface area contributed by atoms with E-state index >= 15 is 0 Å². The molecule has 5 N–H and O–H groups in total. The number of pyridine rings is 1. The summed E-state index contributed by atoms with van der Waals surface area (Å²) in [6.45, 7) is 0. The summed E-state index contributed by atoms with van der Waals surface area (Å²) in [6.07, 6.45) is 1.52. The van der Waals surface area contributed by atoms with Crippen molar-refractivity contribution in [1.29, 1.82) is 5.41 Å². The van der Waals surface area contributed by atoms with Crippen molar-refractivity contribution in [2.75, 3.05) is 5.73 Å². The van der Waals surface area contributed by atoms with Crippen LogP contribution in [0.4, 0.5) is 5.82 Å². The summed E-state index contributed by atoms with van der Waals surface area (Å²) >= 11 is 0. The van der Waals surface area contributed by atoms with Gasteiger partial charge in [-0.2, -0.15) is 0 Å². The molecule has 0 bridgehead atoms. The standard InChI is InChI=1S/C6H8N4/c7-5-3-4(6(8)9)1-2-10-5/h1-3H,(H2,7,10)(H3,8,9). The summed E-state index contributed by atoms with van der Waals surface area (Å²) in [6, 6.07) is 3.20. The number of nitrogens with zero attached hydrogens (tertiary/aromatic N) is 1.